The summed E-state index contributed by atoms with van der Waals surface area (Å²) in [4.78, 5) is 22.6. The highest BCUT2D eigenvalue weighted by molar-refractivity contribution is 7.84. The van der Waals surface area contributed by atoms with Gasteiger partial charge in [0.1, 0.15) is 6.04 Å². The smallest absolute Gasteiger partial charge is 0.362 e. The van der Waals surface area contributed by atoms with E-state index in [0.717, 1.165) is 12.5 Å². The van der Waals surface area contributed by atoms with E-state index in [1.807, 2.05) is 0 Å². The molecule has 0 aromatic heterocycles. The first-order valence-corrected chi connectivity index (χ1v) is 7.19. The van der Waals surface area contributed by atoms with E-state index < -0.39 is 28.2 Å². The highest BCUT2D eigenvalue weighted by Gasteiger charge is 2.34. The minimum Gasteiger partial charge on any atom is -0.480 e. The summed E-state index contributed by atoms with van der Waals surface area (Å²) in [5, 5.41) is 8.78. The van der Waals surface area contributed by atoms with Crippen molar-refractivity contribution in [1.29, 1.82) is 0 Å². The van der Waals surface area contributed by atoms with Crippen molar-refractivity contribution in [3.8, 4) is 0 Å². The molecule has 1 aromatic rings. The van der Waals surface area contributed by atoms with Gasteiger partial charge in [0.25, 0.3) is 0 Å². The molecule has 0 aliphatic rings. The topological polar surface area (TPSA) is 112 Å². The molecule has 110 valence electrons. The molecule has 0 aliphatic carbocycles. The van der Waals surface area contributed by atoms with Crippen LogP contribution in [0.25, 0.3) is 0 Å². The Bertz CT molecular complexity index is 583. The molecule has 1 amide bonds. The van der Waals surface area contributed by atoms with Crippen molar-refractivity contribution in [2.45, 2.75) is 25.8 Å². The van der Waals surface area contributed by atoms with Crippen LogP contribution in [0.15, 0.2) is 30.3 Å². The van der Waals surface area contributed by atoms with Gasteiger partial charge in [0.05, 0.1) is 0 Å². The molecule has 0 radical (unpaired) electrons. The van der Waals surface area contributed by atoms with E-state index in [1.165, 1.54) is 0 Å². The van der Waals surface area contributed by atoms with Crippen LogP contribution in [0.5, 0.6) is 0 Å². The number of nitrogens with zero attached hydrogens (tertiary/aromatic N) is 1. The zero-order valence-corrected chi connectivity index (χ0v) is 11.6. The Morgan fingerprint density at radius 2 is 1.80 bits per heavy atom. The summed E-state index contributed by atoms with van der Waals surface area (Å²) in [6.45, 7) is 1.01. The number of amides is 1. The molecule has 0 unspecified atom stereocenters. The Kier molecular flexibility index (Phi) is 5.23. The van der Waals surface area contributed by atoms with Crippen LogP contribution in [0.3, 0.4) is 0 Å². The molecular formula is C12H15NO6S. The van der Waals surface area contributed by atoms with Crippen molar-refractivity contribution in [1.82, 2.24) is 4.31 Å². The minimum atomic E-state index is -4.91. The van der Waals surface area contributed by atoms with Gasteiger partial charge < -0.3 is 5.11 Å². The van der Waals surface area contributed by atoms with Crippen LogP contribution in [0.4, 0.5) is 0 Å². The molecule has 20 heavy (non-hydrogen) atoms. The van der Waals surface area contributed by atoms with Gasteiger partial charge in [-0.3, -0.25) is 9.35 Å². The average molecular weight is 301 g/mol. The van der Waals surface area contributed by atoms with Gasteiger partial charge in [-0.2, -0.15) is 8.42 Å². The molecule has 0 saturated heterocycles. The number of aliphatic carboxylic acids is 1. The lowest BCUT2D eigenvalue weighted by molar-refractivity contribution is -0.145. The van der Waals surface area contributed by atoms with Gasteiger partial charge in [0, 0.05) is 6.42 Å². The predicted molar refractivity (Wildman–Crippen MR) is 70.3 cm³/mol. The summed E-state index contributed by atoms with van der Waals surface area (Å²) in [6.07, 6.45) is 0.0272. The lowest BCUT2D eigenvalue weighted by atomic mass is 10.1. The second-order valence-corrected chi connectivity index (χ2v) is 5.46. The lowest BCUT2D eigenvalue weighted by Crippen LogP contribution is -2.46. The van der Waals surface area contributed by atoms with Gasteiger partial charge in [-0.25, -0.2) is 9.10 Å². The third-order valence-electron chi connectivity index (χ3n) is 2.67. The van der Waals surface area contributed by atoms with Crippen LogP contribution in [-0.4, -0.2) is 40.3 Å². The first kappa shape index (κ1) is 16.1. The number of hydrogen-bond donors (Lipinski definition) is 2. The van der Waals surface area contributed by atoms with Crippen LogP contribution in [-0.2, 0) is 26.3 Å². The van der Waals surface area contributed by atoms with Crippen LogP contribution >= 0.6 is 0 Å². The standard InChI is InChI=1S/C12H15NO6S/c1-9(12(15)16)13(20(17,18)19)11(14)8-7-10-5-3-2-4-6-10/h2-6,9H,7-8H2,1H3,(H,15,16)(H,17,18,19)/t9-/m0/s1. The Balaban J connectivity index is 2.82. The number of carbonyl (C=O) groups is 2. The monoisotopic (exact) mass is 301 g/mol. The Morgan fingerprint density at radius 3 is 2.25 bits per heavy atom. The first-order valence-electron chi connectivity index (χ1n) is 5.80. The molecule has 2 N–H and O–H groups in total. The molecule has 1 rings (SSSR count). The third kappa shape index (κ3) is 4.32. The van der Waals surface area contributed by atoms with Crippen LogP contribution in [0.1, 0.15) is 18.9 Å². The summed E-state index contributed by atoms with van der Waals surface area (Å²) >= 11 is 0. The molecule has 7 nitrogen and oxygen atoms in total. The fraction of sp³-hybridized carbons (Fsp3) is 0.333. The number of benzene rings is 1. The number of carbonyl (C=O) groups excluding carboxylic acids is 1. The van der Waals surface area contributed by atoms with Crippen molar-refractivity contribution >= 4 is 22.2 Å². The van der Waals surface area contributed by atoms with Gasteiger partial charge in [-0.15, -0.1) is 0 Å². The van der Waals surface area contributed by atoms with E-state index in [4.69, 9.17) is 9.66 Å². The summed E-state index contributed by atoms with van der Waals surface area (Å²) in [5.74, 6) is -2.48. The fourth-order valence-electron chi connectivity index (χ4n) is 1.65. The molecule has 0 heterocycles. The number of carboxylic acid groups (broad SMARTS) is 1. The number of aryl methyl sites for hydroxylation is 1. The predicted octanol–water partition coefficient (Wildman–Crippen LogP) is 0.724. The average Bonchev–Trinajstić information content (AvgIpc) is 2.36. The zero-order chi connectivity index (χ0) is 15.3. The molecule has 8 heteroatoms. The molecule has 1 aromatic carbocycles. The van der Waals surface area contributed by atoms with Crippen molar-refractivity contribution in [3.05, 3.63) is 35.9 Å². The van der Waals surface area contributed by atoms with Crippen molar-refractivity contribution in [3.63, 3.8) is 0 Å². The Labute approximate surface area is 116 Å². The highest BCUT2D eigenvalue weighted by Crippen LogP contribution is 2.11. The molecule has 0 fully saturated rings. The summed E-state index contributed by atoms with van der Waals surface area (Å²) < 4.78 is 31.2. The maximum atomic E-state index is 11.8. The van der Waals surface area contributed by atoms with E-state index in [-0.39, 0.29) is 17.1 Å². The van der Waals surface area contributed by atoms with Gasteiger partial charge in [-0.05, 0) is 18.9 Å². The van der Waals surface area contributed by atoms with E-state index in [2.05, 4.69) is 0 Å². The molecule has 1 atom stereocenters. The van der Waals surface area contributed by atoms with Crippen LogP contribution in [0, 0.1) is 0 Å². The Hall–Kier alpha value is -1.93. The maximum Gasteiger partial charge on any atom is 0.362 e. The summed E-state index contributed by atoms with van der Waals surface area (Å²) in [6, 6.07) is 7.17. The SMILES string of the molecule is C[C@@H](C(=O)O)N(C(=O)CCc1ccccc1)S(=O)(=O)O. The summed E-state index contributed by atoms with van der Waals surface area (Å²) in [5.41, 5.74) is 0.805. The molecule has 0 bridgehead atoms. The van der Waals surface area contributed by atoms with Gasteiger partial charge in [0.2, 0.25) is 5.91 Å². The minimum absolute atomic E-state index is 0.0156. The maximum absolute atomic E-state index is 11.8. The molecule has 0 aliphatic heterocycles. The molecule has 0 spiro atoms. The number of carboxylic acids is 1. The van der Waals surface area contributed by atoms with E-state index in [1.54, 1.807) is 30.3 Å². The lowest BCUT2D eigenvalue weighted by Gasteiger charge is -2.22. The zero-order valence-electron chi connectivity index (χ0n) is 10.8. The van der Waals surface area contributed by atoms with Gasteiger partial charge in [-0.1, -0.05) is 30.3 Å². The third-order valence-corrected chi connectivity index (χ3v) is 3.69. The van der Waals surface area contributed by atoms with Crippen LogP contribution in [0.2, 0.25) is 0 Å². The van der Waals surface area contributed by atoms with E-state index in [9.17, 15) is 18.0 Å². The van der Waals surface area contributed by atoms with Crippen molar-refractivity contribution < 1.29 is 27.7 Å². The number of hydrogen-bond acceptors (Lipinski definition) is 4. The highest BCUT2D eigenvalue weighted by atomic mass is 32.2. The summed E-state index contributed by atoms with van der Waals surface area (Å²) in [7, 11) is -4.91. The van der Waals surface area contributed by atoms with Gasteiger partial charge in [0.15, 0.2) is 0 Å². The van der Waals surface area contributed by atoms with Gasteiger partial charge >= 0.3 is 16.3 Å². The molecule has 0 saturated carbocycles. The van der Waals surface area contributed by atoms with Crippen LogP contribution < -0.4 is 0 Å². The van der Waals surface area contributed by atoms with E-state index >= 15 is 0 Å². The van der Waals surface area contributed by atoms with Crippen molar-refractivity contribution in [2.75, 3.05) is 0 Å². The second-order valence-electron chi connectivity index (χ2n) is 4.17. The van der Waals surface area contributed by atoms with Crippen molar-refractivity contribution in [2.24, 2.45) is 0 Å². The fourth-order valence-corrected chi connectivity index (χ4v) is 2.49. The number of rotatable bonds is 6. The Morgan fingerprint density at radius 1 is 1.25 bits per heavy atom. The quantitative estimate of drug-likeness (QED) is 0.749. The first-order chi connectivity index (χ1) is 9.23. The normalized spacial score (nSPS) is 12.7. The van der Waals surface area contributed by atoms with E-state index in [0.29, 0.717) is 0 Å². The second kappa shape index (κ2) is 6.49. The molecular weight excluding hydrogens is 286 g/mol. The largest absolute Gasteiger partial charge is 0.480 e.